The summed E-state index contributed by atoms with van der Waals surface area (Å²) in [5.74, 6) is -1.01. The van der Waals surface area contributed by atoms with E-state index >= 15 is 0 Å². The molecule has 1 saturated heterocycles. The maximum atomic E-state index is 13.5. The summed E-state index contributed by atoms with van der Waals surface area (Å²) in [6.07, 6.45) is -7.81. The van der Waals surface area contributed by atoms with Gasteiger partial charge in [0.05, 0.1) is 45.6 Å². The molecule has 244 valence electrons. The van der Waals surface area contributed by atoms with Gasteiger partial charge in [-0.3, -0.25) is 4.79 Å². The first-order valence-corrected chi connectivity index (χ1v) is 15.9. The molecule has 0 bridgehead atoms. The molecule has 1 N–H and O–H groups in total. The number of piperidine rings is 1. The van der Waals surface area contributed by atoms with Gasteiger partial charge >= 0.3 is 18.4 Å². The second-order valence-electron chi connectivity index (χ2n) is 11.0. The normalized spacial score (nSPS) is 15.5. The minimum atomic E-state index is -5.00. The summed E-state index contributed by atoms with van der Waals surface area (Å²) in [6.45, 7) is 1.59. The molecular weight excluding hydrogens is 735 g/mol. The van der Waals surface area contributed by atoms with Crippen molar-refractivity contribution in [1.29, 1.82) is 0 Å². The van der Waals surface area contributed by atoms with Gasteiger partial charge in [-0.2, -0.15) is 26.3 Å². The third-order valence-corrected chi connectivity index (χ3v) is 9.65. The summed E-state index contributed by atoms with van der Waals surface area (Å²) >= 11 is 2.95. The lowest BCUT2D eigenvalue weighted by molar-refractivity contribution is -0.143. The van der Waals surface area contributed by atoms with Gasteiger partial charge in [0, 0.05) is 26.0 Å². The Morgan fingerprint density at radius 1 is 1.02 bits per heavy atom. The number of halogens is 7. The highest BCUT2D eigenvalue weighted by molar-refractivity contribution is 14.1. The monoisotopic (exact) mass is 767 g/mol. The van der Waals surface area contributed by atoms with Crippen LogP contribution in [0.15, 0.2) is 53.9 Å². The third kappa shape index (κ3) is 9.31. The Morgan fingerprint density at radius 3 is 2.18 bits per heavy atom. The van der Waals surface area contributed by atoms with Gasteiger partial charge in [0.25, 0.3) is 0 Å². The number of nitrogens with zero attached hydrogens (tertiary/aromatic N) is 4. The molecule has 1 atom stereocenters. The van der Waals surface area contributed by atoms with Crippen LogP contribution in [-0.2, 0) is 23.7 Å². The number of alkyl halides is 6. The fourth-order valence-corrected chi connectivity index (χ4v) is 6.81. The van der Waals surface area contributed by atoms with Crippen LogP contribution in [0.5, 0.6) is 0 Å². The molecule has 0 spiro atoms. The number of carbonyl (C=O) groups is 2. The molecule has 3 aromatic rings. The Balaban J connectivity index is 1.50. The van der Waals surface area contributed by atoms with Crippen LogP contribution in [0.1, 0.15) is 59.0 Å². The first kappa shape index (κ1) is 34.9. The number of amides is 3. The van der Waals surface area contributed by atoms with Crippen molar-refractivity contribution in [1.82, 2.24) is 20.1 Å². The van der Waals surface area contributed by atoms with Crippen molar-refractivity contribution in [2.75, 3.05) is 36.8 Å². The molecule has 15 heteroatoms. The van der Waals surface area contributed by atoms with Gasteiger partial charge in [-0.15, -0.1) is 11.3 Å². The fraction of sp³-hybridized carbons (Fsp3) is 0.433. The Hall–Kier alpha value is -2.92. The van der Waals surface area contributed by atoms with E-state index in [9.17, 15) is 35.9 Å². The van der Waals surface area contributed by atoms with Crippen LogP contribution in [-0.4, -0.2) is 60.5 Å². The maximum Gasteiger partial charge on any atom is 0.416 e. The number of rotatable bonds is 9. The van der Waals surface area contributed by atoms with E-state index in [0.29, 0.717) is 41.8 Å². The number of nitrogens with one attached hydrogen (secondary N) is 1. The van der Waals surface area contributed by atoms with Crippen molar-refractivity contribution in [2.45, 2.75) is 50.0 Å². The van der Waals surface area contributed by atoms with E-state index in [-0.39, 0.29) is 17.7 Å². The van der Waals surface area contributed by atoms with Gasteiger partial charge in [0.2, 0.25) is 11.0 Å². The predicted molar refractivity (Wildman–Crippen MR) is 168 cm³/mol. The van der Waals surface area contributed by atoms with Gasteiger partial charge < -0.3 is 15.1 Å². The molecule has 0 radical (unpaired) electrons. The third-order valence-electron chi connectivity index (χ3n) is 7.61. The minimum absolute atomic E-state index is 0.0523. The molecule has 1 fully saturated rings. The topological polar surface area (TPSA) is 68.8 Å². The highest BCUT2D eigenvalue weighted by atomic mass is 127. The van der Waals surface area contributed by atoms with Crippen LogP contribution < -0.4 is 8.43 Å². The zero-order valence-electron chi connectivity index (χ0n) is 24.5. The maximum absolute atomic E-state index is 13.5. The number of hydrogen-bond acceptors (Lipinski definition) is 5. The molecule has 1 aromatic heterocycles. The number of carbonyl (C=O) groups excluding carboxylic acids is 2. The standard InChI is InChI=1S/C30H32F6IN5O2S/c1-40(2)28(44)42(37)27-39-25(18-45-27)24(10-13-41-11-8-21(9-12-41)20-6-4-3-5-7-20)26(43)38-17-19-14-22(29(31,32)33)16-23(15-19)30(34,35)36/h3-7,14-16,18,21,24H,8-13,17H2,1-2H3,(H,38,43). The van der Waals surface area contributed by atoms with Gasteiger partial charge in [-0.1, -0.05) is 30.3 Å². The number of hydrogen-bond donors (Lipinski definition) is 1. The molecule has 2 aromatic carbocycles. The van der Waals surface area contributed by atoms with E-state index in [0.717, 1.165) is 37.3 Å². The lowest BCUT2D eigenvalue weighted by atomic mass is 9.89. The van der Waals surface area contributed by atoms with Crippen molar-refractivity contribution in [3.63, 3.8) is 0 Å². The molecule has 0 aliphatic carbocycles. The predicted octanol–water partition coefficient (Wildman–Crippen LogP) is 7.69. The molecule has 7 nitrogen and oxygen atoms in total. The summed E-state index contributed by atoms with van der Waals surface area (Å²) < 4.78 is 81.5. The molecule has 2 heterocycles. The highest BCUT2D eigenvalue weighted by Crippen LogP contribution is 2.37. The van der Waals surface area contributed by atoms with E-state index in [1.54, 1.807) is 42.3 Å². The van der Waals surface area contributed by atoms with Crippen molar-refractivity contribution in [3.8, 4) is 0 Å². The van der Waals surface area contributed by atoms with Gasteiger partial charge in [-0.25, -0.2) is 12.9 Å². The SMILES string of the molecule is CN(C)C(=O)N(I)c1nc(C(CCN2CCC(c3ccccc3)CC2)C(=O)NCc2cc(C(F)(F)F)cc(C(F)(F)F)c2)cs1. The molecule has 1 aliphatic heterocycles. The Kier molecular flexibility index (Phi) is 11.4. The van der Waals surface area contributed by atoms with Crippen molar-refractivity contribution >= 4 is 51.3 Å². The molecule has 0 saturated carbocycles. The zero-order valence-corrected chi connectivity index (χ0v) is 27.4. The molecule has 45 heavy (non-hydrogen) atoms. The van der Waals surface area contributed by atoms with Gasteiger partial charge in [0.15, 0.2) is 0 Å². The largest absolute Gasteiger partial charge is 0.416 e. The fourth-order valence-electron chi connectivity index (χ4n) is 5.16. The van der Waals surface area contributed by atoms with Crippen molar-refractivity contribution in [3.05, 3.63) is 81.9 Å². The number of benzene rings is 2. The average molecular weight is 768 g/mol. The van der Waals surface area contributed by atoms with Crippen LogP contribution in [0.4, 0.5) is 36.3 Å². The van der Waals surface area contributed by atoms with Crippen LogP contribution in [0.3, 0.4) is 0 Å². The summed E-state index contributed by atoms with van der Waals surface area (Å²) in [5, 5.41) is 4.51. The second kappa shape index (κ2) is 14.7. The van der Waals surface area contributed by atoms with Crippen molar-refractivity contribution < 1.29 is 35.9 Å². The minimum Gasteiger partial charge on any atom is -0.351 e. The molecular formula is C30H32F6IN5O2S. The molecule has 1 aliphatic rings. The summed E-state index contributed by atoms with van der Waals surface area (Å²) in [4.78, 5) is 34.1. The van der Waals surface area contributed by atoms with Crippen molar-refractivity contribution in [2.24, 2.45) is 0 Å². The first-order chi connectivity index (χ1) is 21.1. The highest BCUT2D eigenvalue weighted by Gasteiger charge is 2.37. The Morgan fingerprint density at radius 2 is 1.62 bits per heavy atom. The van der Waals surface area contributed by atoms with Crippen LogP contribution in [0, 0.1) is 0 Å². The van der Waals surface area contributed by atoms with E-state index in [1.165, 1.54) is 13.6 Å². The van der Waals surface area contributed by atoms with Crippen LogP contribution in [0.2, 0.25) is 0 Å². The van der Waals surface area contributed by atoms with Crippen LogP contribution in [0.25, 0.3) is 0 Å². The summed E-state index contributed by atoms with van der Waals surface area (Å²) in [7, 11) is 3.16. The molecule has 3 amide bonds. The lowest BCUT2D eigenvalue weighted by Crippen LogP contribution is -2.36. The number of aromatic nitrogens is 1. The van der Waals surface area contributed by atoms with Crippen LogP contribution >= 0.6 is 34.2 Å². The average Bonchev–Trinajstić information content (AvgIpc) is 3.49. The Labute approximate surface area is 275 Å². The zero-order chi connectivity index (χ0) is 32.9. The summed E-state index contributed by atoms with van der Waals surface area (Å²) in [5.41, 5.74) is -1.59. The molecule has 1 unspecified atom stereocenters. The quantitative estimate of drug-likeness (QED) is 0.138. The molecule has 4 rings (SSSR count). The number of likely N-dealkylation sites (tertiary alicyclic amines) is 1. The number of anilines is 1. The first-order valence-electron chi connectivity index (χ1n) is 14.1. The van der Waals surface area contributed by atoms with E-state index in [2.05, 4.69) is 27.3 Å². The number of thiazole rings is 1. The van der Waals surface area contributed by atoms with Gasteiger partial charge in [-0.05, 0) is 74.1 Å². The Bertz CT molecular complexity index is 1430. The van der Waals surface area contributed by atoms with E-state index < -0.39 is 41.8 Å². The van der Waals surface area contributed by atoms with E-state index in [1.807, 2.05) is 18.2 Å². The lowest BCUT2D eigenvalue weighted by Gasteiger charge is -2.32. The number of urea groups is 1. The summed E-state index contributed by atoms with van der Waals surface area (Å²) in [6, 6.07) is 11.1. The second-order valence-corrected chi connectivity index (χ2v) is 12.8. The van der Waals surface area contributed by atoms with Gasteiger partial charge in [0.1, 0.15) is 0 Å². The smallest absolute Gasteiger partial charge is 0.351 e. The van der Waals surface area contributed by atoms with E-state index in [4.69, 9.17) is 0 Å².